The third-order valence-corrected chi connectivity index (χ3v) is 5.70. The number of fused-ring (bicyclic) bond motifs is 1. The van der Waals surface area contributed by atoms with Crippen LogP contribution in [0.5, 0.6) is 5.75 Å². The van der Waals surface area contributed by atoms with Gasteiger partial charge in [0.15, 0.2) is 5.75 Å². The summed E-state index contributed by atoms with van der Waals surface area (Å²) < 4.78 is 14.5. The molecule has 0 aliphatic carbocycles. The van der Waals surface area contributed by atoms with Gasteiger partial charge in [0.1, 0.15) is 11.5 Å². The van der Waals surface area contributed by atoms with Crippen molar-refractivity contribution in [2.75, 3.05) is 19.6 Å². The summed E-state index contributed by atoms with van der Waals surface area (Å²) in [5.74, 6) is -2.14. The Balaban J connectivity index is 2.05. The Hall–Kier alpha value is -2.87. The van der Waals surface area contributed by atoms with Gasteiger partial charge < -0.3 is 19.5 Å². The standard InChI is InChI=1S/C21H23ClFN3O4/c1-4-25(5-2)20(29)17-13-8-9-26(11-12-6-7-15(23)14(22)10-12)19(28)16(13)18(27)21(30)24(17)3/h6-7,10,27H,4-5,8-9,11H2,1-3H3. The Morgan fingerprint density at radius 2 is 1.93 bits per heavy atom. The number of aromatic nitrogens is 1. The van der Waals surface area contributed by atoms with E-state index in [2.05, 4.69) is 0 Å². The third kappa shape index (κ3) is 3.67. The average molecular weight is 436 g/mol. The Kier molecular flexibility index (Phi) is 6.17. The van der Waals surface area contributed by atoms with Crippen molar-refractivity contribution >= 4 is 23.4 Å². The number of nitrogens with zero attached hydrogens (tertiary/aromatic N) is 3. The quantitative estimate of drug-likeness (QED) is 0.782. The molecule has 160 valence electrons. The summed E-state index contributed by atoms with van der Waals surface area (Å²) in [5.41, 5.74) is 0.150. The van der Waals surface area contributed by atoms with Gasteiger partial charge in [-0.1, -0.05) is 17.7 Å². The number of amides is 2. The Morgan fingerprint density at radius 1 is 1.27 bits per heavy atom. The molecule has 0 saturated carbocycles. The van der Waals surface area contributed by atoms with E-state index in [0.29, 0.717) is 30.6 Å². The van der Waals surface area contributed by atoms with Crippen LogP contribution in [0.25, 0.3) is 0 Å². The van der Waals surface area contributed by atoms with Gasteiger partial charge in [0, 0.05) is 38.8 Å². The van der Waals surface area contributed by atoms with Crippen molar-refractivity contribution < 1.29 is 19.1 Å². The molecule has 1 aliphatic heterocycles. The number of pyridine rings is 1. The fourth-order valence-corrected chi connectivity index (χ4v) is 3.96. The van der Waals surface area contributed by atoms with Crippen LogP contribution in [0.2, 0.25) is 5.02 Å². The van der Waals surface area contributed by atoms with Gasteiger partial charge in [-0.25, -0.2) is 4.39 Å². The normalized spacial score (nSPS) is 13.4. The molecule has 2 aromatic rings. The molecular weight excluding hydrogens is 413 g/mol. The maximum absolute atomic E-state index is 13.4. The molecule has 1 aliphatic rings. The van der Waals surface area contributed by atoms with E-state index < -0.39 is 23.0 Å². The lowest BCUT2D eigenvalue weighted by molar-refractivity contribution is 0.0717. The highest BCUT2D eigenvalue weighted by molar-refractivity contribution is 6.30. The van der Waals surface area contributed by atoms with Gasteiger partial charge in [0.05, 0.1) is 10.6 Å². The predicted molar refractivity (Wildman–Crippen MR) is 110 cm³/mol. The number of hydrogen-bond acceptors (Lipinski definition) is 4. The van der Waals surface area contributed by atoms with Crippen molar-refractivity contribution in [1.29, 1.82) is 0 Å². The van der Waals surface area contributed by atoms with Crippen LogP contribution in [-0.2, 0) is 20.0 Å². The lowest BCUT2D eigenvalue weighted by Gasteiger charge is -2.31. The topological polar surface area (TPSA) is 82.9 Å². The van der Waals surface area contributed by atoms with E-state index in [9.17, 15) is 23.9 Å². The van der Waals surface area contributed by atoms with Gasteiger partial charge in [0.2, 0.25) is 0 Å². The highest BCUT2D eigenvalue weighted by Gasteiger charge is 2.35. The zero-order valence-electron chi connectivity index (χ0n) is 17.0. The zero-order chi connectivity index (χ0) is 22.2. The number of halogens is 2. The number of carbonyl (C=O) groups is 2. The van der Waals surface area contributed by atoms with E-state index in [1.54, 1.807) is 4.90 Å². The zero-order valence-corrected chi connectivity index (χ0v) is 17.8. The van der Waals surface area contributed by atoms with Crippen LogP contribution in [-0.4, -0.2) is 50.9 Å². The molecule has 0 spiro atoms. The second-order valence-corrected chi connectivity index (χ2v) is 7.52. The monoisotopic (exact) mass is 435 g/mol. The Morgan fingerprint density at radius 3 is 2.53 bits per heavy atom. The summed E-state index contributed by atoms with van der Waals surface area (Å²) in [5, 5.41) is 10.4. The first kappa shape index (κ1) is 21.8. The number of aromatic hydroxyl groups is 1. The second kappa shape index (κ2) is 8.47. The first-order valence-electron chi connectivity index (χ1n) is 9.68. The first-order chi connectivity index (χ1) is 14.2. The van der Waals surface area contributed by atoms with Crippen LogP contribution in [0.15, 0.2) is 23.0 Å². The molecule has 1 N–H and O–H groups in total. The average Bonchev–Trinajstić information content (AvgIpc) is 2.72. The molecule has 3 rings (SSSR count). The molecule has 0 bridgehead atoms. The molecule has 30 heavy (non-hydrogen) atoms. The van der Waals surface area contributed by atoms with Gasteiger partial charge in [-0.3, -0.25) is 14.4 Å². The maximum atomic E-state index is 13.4. The largest absolute Gasteiger partial charge is 0.502 e. The van der Waals surface area contributed by atoms with Crippen molar-refractivity contribution in [3.8, 4) is 5.75 Å². The number of benzene rings is 1. The highest BCUT2D eigenvalue weighted by atomic mass is 35.5. The molecule has 0 atom stereocenters. The minimum atomic E-state index is -0.802. The third-order valence-electron chi connectivity index (χ3n) is 5.41. The highest BCUT2D eigenvalue weighted by Crippen LogP contribution is 2.29. The van der Waals surface area contributed by atoms with Gasteiger partial charge in [-0.05, 0) is 38.0 Å². The molecule has 1 aromatic heterocycles. The minimum Gasteiger partial charge on any atom is -0.502 e. The molecule has 2 amide bonds. The summed E-state index contributed by atoms with van der Waals surface area (Å²) in [7, 11) is 1.41. The van der Waals surface area contributed by atoms with Gasteiger partial charge in [-0.2, -0.15) is 0 Å². The molecule has 9 heteroatoms. The number of hydrogen-bond donors (Lipinski definition) is 1. The van der Waals surface area contributed by atoms with Crippen molar-refractivity contribution in [1.82, 2.24) is 14.4 Å². The van der Waals surface area contributed by atoms with Crippen LogP contribution in [0, 0.1) is 5.82 Å². The van der Waals surface area contributed by atoms with Crippen LogP contribution in [0.4, 0.5) is 4.39 Å². The van der Waals surface area contributed by atoms with Crippen molar-refractivity contribution in [2.45, 2.75) is 26.8 Å². The summed E-state index contributed by atoms with van der Waals surface area (Å²) in [4.78, 5) is 41.7. The van der Waals surface area contributed by atoms with Crippen molar-refractivity contribution in [2.24, 2.45) is 7.05 Å². The molecule has 0 saturated heterocycles. The first-order valence-corrected chi connectivity index (χ1v) is 10.1. The van der Waals surface area contributed by atoms with Crippen LogP contribution in [0.1, 0.15) is 45.8 Å². The van der Waals surface area contributed by atoms with Crippen molar-refractivity contribution in [3.63, 3.8) is 0 Å². The maximum Gasteiger partial charge on any atom is 0.293 e. The Bertz CT molecular complexity index is 1080. The summed E-state index contributed by atoms with van der Waals surface area (Å²) in [6, 6.07) is 4.16. The Labute approximate surface area is 178 Å². The lowest BCUT2D eigenvalue weighted by atomic mass is 9.95. The number of carbonyl (C=O) groups excluding carboxylic acids is 2. The van der Waals surface area contributed by atoms with E-state index in [1.807, 2.05) is 13.8 Å². The fraction of sp³-hybridized carbons (Fsp3) is 0.381. The fourth-order valence-electron chi connectivity index (χ4n) is 3.75. The van der Waals surface area contributed by atoms with E-state index in [1.165, 1.54) is 30.1 Å². The van der Waals surface area contributed by atoms with E-state index in [-0.39, 0.29) is 35.3 Å². The van der Waals surface area contributed by atoms with Crippen molar-refractivity contribution in [3.05, 3.63) is 61.8 Å². The van der Waals surface area contributed by atoms with Crippen LogP contribution >= 0.6 is 11.6 Å². The number of rotatable bonds is 5. The summed E-state index contributed by atoms with van der Waals surface area (Å²) >= 11 is 5.82. The van der Waals surface area contributed by atoms with Gasteiger partial charge in [0.25, 0.3) is 17.4 Å². The van der Waals surface area contributed by atoms with E-state index in [4.69, 9.17) is 11.6 Å². The summed E-state index contributed by atoms with van der Waals surface area (Å²) in [6.45, 7) is 4.96. The predicted octanol–water partition coefficient (Wildman–Crippen LogP) is 2.56. The van der Waals surface area contributed by atoms with Gasteiger partial charge >= 0.3 is 0 Å². The van der Waals surface area contributed by atoms with E-state index >= 15 is 0 Å². The summed E-state index contributed by atoms with van der Waals surface area (Å²) in [6.07, 6.45) is 0.292. The molecule has 2 heterocycles. The smallest absolute Gasteiger partial charge is 0.293 e. The molecule has 0 fully saturated rings. The molecular formula is C21H23ClFN3O4. The minimum absolute atomic E-state index is 0.0545. The van der Waals surface area contributed by atoms with E-state index in [0.717, 1.165) is 4.57 Å². The molecule has 0 unspecified atom stereocenters. The molecule has 7 nitrogen and oxygen atoms in total. The van der Waals surface area contributed by atoms with Crippen LogP contribution < -0.4 is 5.56 Å². The lowest BCUT2D eigenvalue weighted by Crippen LogP contribution is -2.43. The van der Waals surface area contributed by atoms with Gasteiger partial charge in [-0.15, -0.1) is 0 Å². The SMILES string of the molecule is CCN(CC)C(=O)c1c2c(c(O)c(=O)n1C)C(=O)N(Cc1ccc(F)c(Cl)c1)CC2. The second-order valence-electron chi connectivity index (χ2n) is 7.12. The molecule has 1 aromatic carbocycles. The van der Waals surface area contributed by atoms with Crippen LogP contribution in [0.3, 0.4) is 0 Å². The molecule has 0 radical (unpaired) electrons.